The fourth-order valence-electron chi connectivity index (χ4n) is 4.41. The van der Waals surface area contributed by atoms with Crippen LogP contribution in [-0.2, 0) is 36.7 Å². The van der Waals surface area contributed by atoms with Crippen molar-refractivity contribution < 1.29 is 14.3 Å². The highest BCUT2D eigenvalue weighted by molar-refractivity contribution is 5.76. The molecule has 1 saturated heterocycles. The Labute approximate surface area is 197 Å². The topological polar surface area (TPSA) is 101 Å². The van der Waals surface area contributed by atoms with Crippen LogP contribution in [0.25, 0.3) is 11.2 Å². The van der Waals surface area contributed by atoms with Gasteiger partial charge in [-0.25, -0.2) is 9.78 Å². The number of methoxy groups -OCH3 is 1. The summed E-state index contributed by atoms with van der Waals surface area (Å²) < 4.78 is 15.2. The van der Waals surface area contributed by atoms with Crippen molar-refractivity contribution >= 4 is 17.1 Å². The van der Waals surface area contributed by atoms with E-state index in [0.717, 1.165) is 35.3 Å². The van der Waals surface area contributed by atoms with Crippen molar-refractivity contribution in [1.29, 1.82) is 0 Å². The standard InChI is InChI=1S/C24H31N5O5/c1-26-22-21(23(31)27(2)24(26)32)28(16-25-22)11-5-10-20(30)29(15-19-9-6-12-34-19)14-17-7-4-8-18(13-17)33-3/h4,7-8,13,16,19H,5-6,9-12,14-15H2,1-3H3. The van der Waals surface area contributed by atoms with Gasteiger partial charge >= 0.3 is 5.69 Å². The maximum Gasteiger partial charge on any atom is 0.332 e. The average Bonchev–Trinajstić information content (AvgIpc) is 3.51. The highest BCUT2D eigenvalue weighted by Crippen LogP contribution is 2.19. The Balaban J connectivity index is 1.46. The summed E-state index contributed by atoms with van der Waals surface area (Å²) in [4.78, 5) is 44.1. The number of nitrogens with zero attached hydrogens (tertiary/aromatic N) is 5. The molecule has 1 atom stereocenters. The number of aromatic nitrogens is 4. The van der Waals surface area contributed by atoms with Crippen molar-refractivity contribution in [2.24, 2.45) is 14.1 Å². The van der Waals surface area contributed by atoms with Crippen molar-refractivity contribution in [2.45, 2.75) is 44.9 Å². The molecule has 3 heterocycles. The first-order chi connectivity index (χ1) is 16.4. The molecular weight excluding hydrogens is 438 g/mol. The maximum atomic E-state index is 13.2. The lowest BCUT2D eigenvalue weighted by Crippen LogP contribution is -2.37. The second kappa shape index (κ2) is 10.3. The van der Waals surface area contributed by atoms with Gasteiger partial charge in [-0.2, -0.15) is 0 Å². The molecule has 182 valence electrons. The molecule has 0 aliphatic carbocycles. The average molecular weight is 470 g/mol. The molecule has 0 N–H and O–H groups in total. The fraction of sp³-hybridized carbons (Fsp3) is 0.500. The van der Waals surface area contributed by atoms with E-state index in [1.54, 1.807) is 25.1 Å². The Hall–Kier alpha value is -3.40. The maximum absolute atomic E-state index is 13.2. The number of amides is 1. The molecule has 1 aromatic carbocycles. The number of fused-ring (bicyclic) bond motifs is 1. The monoisotopic (exact) mass is 469 g/mol. The molecule has 4 rings (SSSR count). The van der Waals surface area contributed by atoms with Crippen LogP contribution in [0.5, 0.6) is 5.75 Å². The van der Waals surface area contributed by atoms with Gasteiger partial charge in [0.15, 0.2) is 11.2 Å². The molecule has 0 spiro atoms. The van der Waals surface area contributed by atoms with Crippen LogP contribution in [0.2, 0.25) is 0 Å². The Bertz CT molecular complexity index is 1290. The summed E-state index contributed by atoms with van der Waals surface area (Å²) in [7, 11) is 4.67. The quantitative estimate of drug-likeness (QED) is 0.470. The van der Waals surface area contributed by atoms with E-state index in [1.165, 1.54) is 11.6 Å². The van der Waals surface area contributed by atoms with E-state index >= 15 is 0 Å². The van der Waals surface area contributed by atoms with Gasteiger partial charge in [-0.15, -0.1) is 0 Å². The highest BCUT2D eigenvalue weighted by Gasteiger charge is 2.23. The summed E-state index contributed by atoms with van der Waals surface area (Å²) in [6, 6.07) is 7.72. The number of carbonyl (C=O) groups is 1. The van der Waals surface area contributed by atoms with Crippen LogP contribution in [0.3, 0.4) is 0 Å². The van der Waals surface area contributed by atoms with Crippen LogP contribution in [0.4, 0.5) is 0 Å². The van der Waals surface area contributed by atoms with Crippen molar-refractivity contribution in [3.63, 3.8) is 0 Å². The van der Waals surface area contributed by atoms with Crippen LogP contribution < -0.4 is 16.0 Å². The number of aryl methyl sites for hydroxylation is 2. The lowest BCUT2D eigenvalue weighted by atomic mass is 10.1. The molecule has 34 heavy (non-hydrogen) atoms. The Kier molecular flexibility index (Phi) is 7.16. The fourth-order valence-corrected chi connectivity index (χ4v) is 4.41. The van der Waals surface area contributed by atoms with E-state index in [4.69, 9.17) is 9.47 Å². The molecule has 0 radical (unpaired) electrons. The van der Waals surface area contributed by atoms with E-state index in [9.17, 15) is 14.4 Å². The minimum atomic E-state index is -0.416. The number of hydrogen-bond acceptors (Lipinski definition) is 6. The molecule has 1 unspecified atom stereocenters. The minimum absolute atomic E-state index is 0.0306. The van der Waals surface area contributed by atoms with Gasteiger partial charge in [0.1, 0.15) is 5.75 Å². The first-order valence-electron chi connectivity index (χ1n) is 11.5. The van der Waals surface area contributed by atoms with Crippen molar-refractivity contribution in [3.8, 4) is 5.75 Å². The summed E-state index contributed by atoms with van der Waals surface area (Å²) in [5.74, 6) is 0.785. The predicted octanol–water partition coefficient (Wildman–Crippen LogP) is 1.43. The molecule has 1 amide bonds. The third-order valence-corrected chi connectivity index (χ3v) is 6.32. The van der Waals surface area contributed by atoms with Crippen LogP contribution in [0.15, 0.2) is 40.2 Å². The zero-order valence-corrected chi connectivity index (χ0v) is 19.9. The van der Waals surface area contributed by atoms with E-state index in [1.807, 2.05) is 29.2 Å². The Morgan fingerprint density at radius 2 is 2.09 bits per heavy atom. The van der Waals surface area contributed by atoms with E-state index in [0.29, 0.717) is 43.6 Å². The Morgan fingerprint density at radius 1 is 1.26 bits per heavy atom. The second-order valence-corrected chi connectivity index (χ2v) is 8.68. The summed E-state index contributed by atoms with van der Waals surface area (Å²) >= 11 is 0. The summed E-state index contributed by atoms with van der Waals surface area (Å²) in [6.45, 7) is 2.21. The molecule has 0 saturated carbocycles. The molecule has 1 fully saturated rings. The molecule has 2 aromatic heterocycles. The van der Waals surface area contributed by atoms with E-state index in [-0.39, 0.29) is 17.6 Å². The van der Waals surface area contributed by atoms with Gasteiger partial charge < -0.3 is 18.9 Å². The first kappa shape index (κ1) is 23.7. The minimum Gasteiger partial charge on any atom is -0.497 e. The van der Waals surface area contributed by atoms with Gasteiger partial charge in [-0.1, -0.05) is 12.1 Å². The number of imidazole rings is 1. The third-order valence-electron chi connectivity index (χ3n) is 6.32. The first-order valence-corrected chi connectivity index (χ1v) is 11.5. The van der Waals surface area contributed by atoms with Crippen molar-refractivity contribution in [1.82, 2.24) is 23.6 Å². The molecule has 0 bridgehead atoms. The Morgan fingerprint density at radius 3 is 2.82 bits per heavy atom. The van der Waals surface area contributed by atoms with Gasteiger partial charge in [-0.05, 0) is 37.0 Å². The number of hydrogen-bond donors (Lipinski definition) is 0. The van der Waals surface area contributed by atoms with Crippen LogP contribution in [0, 0.1) is 0 Å². The van der Waals surface area contributed by atoms with E-state index < -0.39 is 5.69 Å². The smallest absolute Gasteiger partial charge is 0.332 e. The second-order valence-electron chi connectivity index (χ2n) is 8.68. The summed E-state index contributed by atoms with van der Waals surface area (Å²) in [6.07, 6.45) is 4.42. The number of rotatable bonds is 9. The SMILES string of the molecule is COc1cccc(CN(CC2CCCO2)C(=O)CCCn2cnc3c2c(=O)n(C)c(=O)n3C)c1. The number of carbonyl (C=O) groups excluding carboxylic acids is 1. The van der Waals surface area contributed by atoms with Gasteiger partial charge in [0, 0.05) is 46.8 Å². The lowest BCUT2D eigenvalue weighted by molar-refractivity contribution is -0.133. The number of ether oxygens (including phenoxy) is 2. The van der Waals surface area contributed by atoms with Crippen LogP contribution >= 0.6 is 0 Å². The normalized spacial score (nSPS) is 15.7. The number of benzene rings is 1. The van der Waals surface area contributed by atoms with Gasteiger partial charge in [0.25, 0.3) is 5.56 Å². The highest BCUT2D eigenvalue weighted by atomic mass is 16.5. The third kappa shape index (κ3) is 4.91. The molecule has 1 aliphatic heterocycles. The van der Waals surface area contributed by atoms with Crippen molar-refractivity contribution in [2.75, 3.05) is 20.3 Å². The van der Waals surface area contributed by atoms with Gasteiger partial charge in [0.2, 0.25) is 5.91 Å². The zero-order chi connectivity index (χ0) is 24.2. The van der Waals surface area contributed by atoms with Crippen molar-refractivity contribution in [3.05, 3.63) is 57.0 Å². The van der Waals surface area contributed by atoms with Gasteiger partial charge in [-0.3, -0.25) is 18.7 Å². The summed E-state index contributed by atoms with van der Waals surface area (Å²) in [5, 5.41) is 0. The predicted molar refractivity (Wildman–Crippen MR) is 127 cm³/mol. The largest absolute Gasteiger partial charge is 0.497 e. The molecule has 10 nitrogen and oxygen atoms in total. The van der Waals surface area contributed by atoms with Crippen LogP contribution in [-0.4, -0.2) is 55.9 Å². The lowest BCUT2D eigenvalue weighted by Gasteiger charge is -2.26. The summed E-state index contributed by atoms with van der Waals surface area (Å²) in [5.41, 5.74) is 0.901. The molecule has 10 heteroatoms. The molecular formula is C24H31N5O5. The molecule has 3 aromatic rings. The van der Waals surface area contributed by atoms with E-state index in [2.05, 4.69) is 4.98 Å². The molecule has 1 aliphatic rings. The zero-order valence-electron chi connectivity index (χ0n) is 19.9. The van der Waals surface area contributed by atoms with Crippen LogP contribution in [0.1, 0.15) is 31.2 Å². The van der Waals surface area contributed by atoms with Gasteiger partial charge in [0.05, 0.1) is 19.5 Å².